The minimum atomic E-state index is -0.744. The molecule has 1 amide bonds. The first kappa shape index (κ1) is 17.3. The van der Waals surface area contributed by atoms with E-state index in [0.717, 1.165) is 13.1 Å². The number of carbonyl (C=O) groups excluding carboxylic acids is 1. The van der Waals surface area contributed by atoms with E-state index >= 15 is 0 Å². The number of rotatable bonds is 5. The highest BCUT2D eigenvalue weighted by atomic mass is 16.4. The lowest BCUT2D eigenvalue weighted by atomic mass is 9.89. The van der Waals surface area contributed by atoms with E-state index in [0.29, 0.717) is 24.8 Å². The lowest BCUT2D eigenvalue weighted by molar-refractivity contribution is -0.146. The van der Waals surface area contributed by atoms with E-state index in [1.165, 1.54) is 32.1 Å². The van der Waals surface area contributed by atoms with Crippen molar-refractivity contribution >= 4 is 11.9 Å². The second-order valence-electron chi connectivity index (χ2n) is 7.26. The van der Waals surface area contributed by atoms with Crippen LogP contribution in [-0.2, 0) is 9.59 Å². The van der Waals surface area contributed by atoms with Crippen molar-refractivity contribution in [3.05, 3.63) is 0 Å². The summed E-state index contributed by atoms with van der Waals surface area (Å²) < 4.78 is 0. The molecule has 1 aliphatic heterocycles. The summed E-state index contributed by atoms with van der Waals surface area (Å²) in [5, 5.41) is 12.3. The van der Waals surface area contributed by atoms with Gasteiger partial charge in [-0.2, -0.15) is 0 Å². The molecule has 1 heterocycles. The molecule has 3 atom stereocenters. The number of hydrogen-bond acceptors (Lipinski definition) is 3. The number of carbonyl (C=O) groups is 2. The number of nitrogens with zero attached hydrogens (tertiary/aromatic N) is 1. The van der Waals surface area contributed by atoms with Gasteiger partial charge in [0, 0.05) is 19.6 Å². The summed E-state index contributed by atoms with van der Waals surface area (Å²) in [6, 6.07) is -0.242. The van der Waals surface area contributed by atoms with Crippen molar-refractivity contribution in [1.82, 2.24) is 10.2 Å². The fourth-order valence-electron chi connectivity index (χ4n) is 3.84. The van der Waals surface area contributed by atoms with Gasteiger partial charge < -0.3 is 10.4 Å². The summed E-state index contributed by atoms with van der Waals surface area (Å²) in [6.07, 6.45) is 7.03. The zero-order valence-corrected chi connectivity index (χ0v) is 13.9. The van der Waals surface area contributed by atoms with Gasteiger partial charge in [0.1, 0.15) is 0 Å². The molecule has 0 aromatic carbocycles. The molecule has 0 bridgehead atoms. The predicted octanol–water partition coefficient (Wildman–Crippen LogP) is 2.11. The summed E-state index contributed by atoms with van der Waals surface area (Å²) in [6.45, 7) is 6.02. The Kier molecular flexibility index (Phi) is 6.24. The molecular formula is C17H30N2O3. The average Bonchev–Trinajstić information content (AvgIpc) is 2.52. The van der Waals surface area contributed by atoms with E-state index in [2.05, 4.69) is 12.2 Å². The SMILES string of the molecule is CC1CC(C(=O)O)CN(C(C)C(=O)NCC2CCCCC2)C1. The Morgan fingerprint density at radius 1 is 1.23 bits per heavy atom. The Bertz CT molecular complexity index is 393. The molecule has 0 aromatic heterocycles. The van der Waals surface area contributed by atoms with Crippen LogP contribution in [0.4, 0.5) is 0 Å². The minimum Gasteiger partial charge on any atom is -0.481 e. The monoisotopic (exact) mass is 310 g/mol. The van der Waals surface area contributed by atoms with Crippen LogP contribution in [0, 0.1) is 17.8 Å². The smallest absolute Gasteiger partial charge is 0.307 e. The summed E-state index contributed by atoms with van der Waals surface area (Å²) in [5.41, 5.74) is 0. The van der Waals surface area contributed by atoms with Crippen molar-refractivity contribution in [1.29, 1.82) is 0 Å². The van der Waals surface area contributed by atoms with Crippen LogP contribution in [0.25, 0.3) is 0 Å². The maximum Gasteiger partial charge on any atom is 0.307 e. The minimum absolute atomic E-state index is 0.0452. The van der Waals surface area contributed by atoms with Crippen molar-refractivity contribution in [2.75, 3.05) is 19.6 Å². The third-order valence-electron chi connectivity index (χ3n) is 5.25. The van der Waals surface area contributed by atoms with E-state index in [-0.39, 0.29) is 17.9 Å². The fraction of sp³-hybridized carbons (Fsp3) is 0.882. The number of likely N-dealkylation sites (tertiary alicyclic amines) is 1. The largest absolute Gasteiger partial charge is 0.481 e. The fourth-order valence-corrected chi connectivity index (χ4v) is 3.84. The van der Waals surface area contributed by atoms with Gasteiger partial charge in [-0.3, -0.25) is 14.5 Å². The van der Waals surface area contributed by atoms with Crippen LogP contribution < -0.4 is 5.32 Å². The molecule has 2 rings (SSSR count). The van der Waals surface area contributed by atoms with Crippen molar-refractivity contribution in [2.24, 2.45) is 17.8 Å². The van der Waals surface area contributed by atoms with Crippen LogP contribution in [0.15, 0.2) is 0 Å². The van der Waals surface area contributed by atoms with Gasteiger partial charge in [-0.1, -0.05) is 26.2 Å². The van der Waals surface area contributed by atoms with Gasteiger partial charge >= 0.3 is 5.97 Å². The average molecular weight is 310 g/mol. The van der Waals surface area contributed by atoms with Crippen LogP contribution in [0.1, 0.15) is 52.4 Å². The Balaban J connectivity index is 1.82. The first-order valence-corrected chi connectivity index (χ1v) is 8.72. The number of aliphatic carboxylic acids is 1. The van der Waals surface area contributed by atoms with Crippen molar-refractivity contribution in [3.8, 4) is 0 Å². The van der Waals surface area contributed by atoms with Crippen molar-refractivity contribution < 1.29 is 14.7 Å². The third-order valence-corrected chi connectivity index (χ3v) is 5.25. The highest BCUT2D eigenvalue weighted by Gasteiger charge is 2.33. The van der Waals surface area contributed by atoms with E-state index < -0.39 is 5.97 Å². The molecule has 0 spiro atoms. The van der Waals surface area contributed by atoms with Gasteiger partial charge in [-0.15, -0.1) is 0 Å². The van der Waals surface area contributed by atoms with Gasteiger partial charge in [0.15, 0.2) is 0 Å². The highest BCUT2D eigenvalue weighted by molar-refractivity contribution is 5.81. The number of piperidine rings is 1. The molecule has 5 nitrogen and oxygen atoms in total. The number of carboxylic acid groups (broad SMARTS) is 1. The normalized spacial score (nSPS) is 29.0. The molecule has 0 radical (unpaired) electrons. The molecular weight excluding hydrogens is 280 g/mol. The van der Waals surface area contributed by atoms with Crippen LogP contribution >= 0.6 is 0 Å². The zero-order valence-electron chi connectivity index (χ0n) is 13.9. The number of nitrogens with one attached hydrogen (secondary N) is 1. The van der Waals surface area contributed by atoms with Crippen LogP contribution in [0.2, 0.25) is 0 Å². The van der Waals surface area contributed by atoms with Gasteiger partial charge in [0.2, 0.25) is 5.91 Å². The van der Waals surface area contributed by atoms with Crippen molar-refractivity contribution in [3.63, 3.8) is 0 Å². The molecule has 1 saturated carbocycles. The standard InChI is InChI=1S/C17H30N2O3/c1-12-8-15(17(21)22)11-19(10-12)13(2)16(20)18-9-14-6-4-3-5-7-14/h12-15H,3-11H2,1-2H3,(H,18,20)(H,21,22). The second-order valence-corrected chi connectivity index (χ2v) is 7.26. The van der Waals surface area contributed by atoms with Gasteiger partial charge in [0.05, 0.1) is 12.0 Å². The maximum atomic E-state index is 12.4. The van der Waals surface area contributed by atoms with Gasteiger partial charge in [-0.05, 0) is 38.0 Å². The van der Waals surface area contributed by atoms with Crippen LogP contribution in [-0.4, -0.2) is 47.6 Å². The predicted molar refractivity (Wildman–Crippen MR) is 85.5 cm³/mol. The number of amides is 1. The summed E-state index contributed by atoms with van der Waals surface area (Å²) >= 11 is 0. The van der Waals surface area contributed by atoms with E-state index in [9.17, 15) is 14.7 Å². The Labute approximate surface area is 133 Å². The van der Waals surface area contributed by atoms with E-state index in [1.54, 1.807) is 0 Å². The third kappa shape index (κ3) is 4.70. The Morgan fingerprint density at radius 2 is 1.91 bits per heavy atom. The molecule has 1 aliphatic carbocycles. The molecule has 2 aliphatic rings. The first-order chi connectivity index (χ1) is 10.5. The van der Waals surface area contributed by atoms with E-state index in [1.807, 2.05) is 11.8 Å². The maximum absolute atomic E-state index is 12.4. The summed E-state index contributed by atoms with van der Waals surface area (Å²) in [7, 11) is 0. The molecule has 2 N–H and O–H groups in total. The van der Waals surface area contributed by atoms with E-state index in [4.69, 9.17) is 0 Å². The van der Waals surface area contributed by atoms with Crippen LogP contribution in [0.5, 0.6) is 0 Å². The van der Waals surface area contributed by atoms with Gasteiger partial charge in [0.25, 0.3) is 0 Å². The molecule has 0 aromatic rings. The molecule has 3 unspecified atom stereocenters. The summed E-state index contributed by atoms with van der Waals surface area (Å²) in [5.74, 6) is -0.104. The van der Waals surface area contributed by atoms with Crippen molar-refractivity contribution in [2.45, 2.75) is 58.4 Å². The molecule has 5 heteroatoms. The molecule has 2 fully saturated rings. The Hall–Kier alpha value is -1.10. The molecule has 1 saturated heterocycles. The van der Waals surface area contributed by atoms with Gasteiger partial charge in [-0.25, -0.2) is 0 Å². The first-order valence-electron chi connectivity index (χ1n) is 8.72. The second kappa shape index (κ2) is 7.95. The zero-order chi connectivity index (χ0) is 16.1. The number of hydrogen-bond donors (Lipinski definition) is 2. The topological polar surface area (TPSA) is 69.6 Å². The molecule has 22 heavy (non-hydrogen) atoms. The Morgan fingerprint density at radius 3 is 2.55 bits per heavy atom. The lowest BCUT2D eigenvalue weighted by Gasteiger charge is -2.38. The summed E-state index contributed by atoms with van der Waals surface area (Å²) in [4.78, 5) is 25.6. The van der Waals surface area contributed by atoms with Crippen LogP contribution in [0.3, 0.4) is 0 Å². The number of carboxylic acids is 1. The quantitative estimate of drug-likeness (QED) is 0.816. The lowest BCUT2D eigenvalue weighted by Crippen LogP contribution is -2.52. The molecule has 126 valence electrons. The highest BCUT2D eigenvalue weighted by Crippen LogP contribution is 2.24.